The normalized spacial score (nSPS) is 10.9. The largest absolute Gasteiger partial charge is 0.365 e. The van der Waals surface area contributed by atoms with E-state index in [0.29, 0.717) is 16.7 Å². The summed E-state index contributed by atoms with van der Waals surface area (Å²) in [7, 11) is 3.00. The summed E-state index contributed by atoms with van der Waals surface area (Å²) >= 11 is 5.98. The van der Waals surface area contributed by atoms with E-state index in [1.807, 2.05) is 13.8 Å². The van der Waals surface area contributed by atoms with Crippen LogP contribution < -0.4 is 10.6 Å². The zero-order valence-electron chi connectivity index (χ0n) is 18.1. The van der Waals surface area contributed by atoms with Crippen molar-refractivity contribution in [2.75, 3.05) is 31.4 Å². The number of hydrogen-bond donors (Lipinski definition) is 2. The van der Waals surface area contributed by atoms with Crippen LogP contribution in [-0.4, -0.2) is 42.0 Å². The molecule has 0 saturated carbocycles. The maximum Gasteiger partial charge on any atom is 0.266 e. The van der Waals surface area contributed by atoms with E-state index in [-0.39, 0.29) is 29.8 Å². The van der Waals surface area contributed by atoms with E-state index in [9.17, 15) is 13.2 Å². The van der Waals surface area contributed by atoms with Gasteiger partial charge in [-0.15, -0.1) is 0 Å². The Bertz CT molecular complexity index is 1020. The smallest absolute Gasteiger partial charge is 0.266 e. The van der Waals surface area contributed by atoms with Crippen LogP contribution in [0.1, 0.15) is 31.4 Å². The maximum absolute atomic E-state index is 14.3. The molecule has 1 aromatic carbocycles. The fourth-order valence-corrected chi connectivity index (χ4v) is 2.90. The molecule has 0 unspecified atom stereocenters. The van der Waals surface area contributed by atoms with E-state index in [0.717, 1.165) is 6.07 Å². The summed E-state index contributed by atoms with van der Waals surface area (Å²) in [4.78, 5) is 12.8. The number of nitrogens with one attached hydrogen (secondary N) is 2. The Balaban J connectivity index is 0.00000176. The van der Waals surface area contributed by atoms with Crippen LogP contribution >= 0.6 is 11.6 Å². The first-order chi connectivity index (χ1) is 15.4. The molecular formula is C21H25ClF3N5O2. The van der Waals surface area contributed by atoms with Gasteiger partial charge in [0.1, 0.15) is 16.8 Å². The number of pyridine rings is 1. The third-order valence-corrected chi connectivity index (χ3v) is 4.50. The summed E-state index contributed by atoms with van der Waals surface area (Å²) in [6.07, 6.45) is -1.95. The number of rotatable bonds is 9. The number of anilines is 2. The third-order valence-electron chi connectivity index (χ3n) is 4.29. The molecule has 0 aliphatic heterocycles. The lowest BCUT2D eigenvalue weighted by Gasteiger charge is -2.16. The highest BCUT2D eigenvalue weighted by atomic mass is 35.5. The second-order valence-corrected chi connectivity index (χ2v) is 6.56. The van der Waals surface area contributed by atoms with Gasteiger partial charge >= 0.3 is 0 Å². The fraction of sp³-hybridized carbons (Fsp3) is 0.381. The molecular weight excluding hydrogens is 447 g/mol. The van der Waals surface area contributed by atoms with Crippen LogP contribution in [0.15, 0.2) is 30.5 Å². The number of ether oxygens (including phenoxy) is 2. The highest BCUT2D eigenvalue weighted by molar-refractivity contribution is 6.30. The van der Waals surface area contributed by atoms with Crippen LogP contribution in [0, 0.1) is 5.82 Å². The van der Waals surface area contributed by atoms with Crippen molar-refractivity contribution >= 4 is 34.3 Å². The molecule has 3 rings (SSSR count). The van der Waals surface area contributed by atoms with Crippen LogP contribution in [0.2, 0.25) is 5.15 Å². The first kappa shape index (κ1) is 25.6. The Morgan fingerprint density at radius 2 is 1.81 bits per heavy atom. The van der Waals surface area contributed by atoms with Crippen molar-refractivity contribution in [2.24, 2.45) is 0 Å². The summed E-state index contributed by atoms with van der Waals surface area (Å²) in [5, 5.41) is 6.71. The molecule has 174 valence electrons. The second-order valence-electron chi connectivity index (χ2n) is 6.18. The third kappa shape index (κ3) is 6.41. The van der Waals surface area contributed by atoms with Gasteiger partial charge in [-0.05, 0) is 6.07 Å². The average molecular weight is 472 g/mol. The molecule has 7 nitrogen and oxygen atoms in total. The molecule has 0 spiro atoms. The summed E-state index contributed by atoms with van der Waals surface area (Å²) in [6, 6.07) is 5.41. The zero-order valence-corrected chi connectivity index (χ0v) is 18.9. The van der Waals surface area contributed by atoms with Gasteiger partial charge in [0.15, 0.2) is 6.29 Å². The molecule has 0 aliphatic rings. The summed E-state index contributed by atoms with van der Waals surface area (Å²) in [5.74, 6) is -0.380. The van der Waals surface area contributed by atoms with Gasteiger partial charge in [0.05, 0.1) is 23.8 Å². The predicted octanol–water partition coefficient (Wildman–Crippen LogP) is 5.42. The van der Waals surface area contributed by atoms with Gasteiger partial charge in [-0.25, -0.2) is 23.1 Å². The summed E-state index contributed by atoms with van der Waals surface area (Å²) < 4.78 is 50.5. The Kier molecular flexibility index (Phi) is 9.89. The summed E-state index contributed by atoms with van der Waals surface area (Å²) in [5.41, 5.74) is -0.0951. The minimum absolute atomic E-state index is 0.0728. The lowest BCUT2D eigenvalue weighted by molar-refractivity contribution is -0.0914. The standard InChI is InChI=1S/C19H19ClF3N5O2.C2H6/c1-29-15(30-2)9-26-19-27-13-8-24-14(20)6-12(13)18(28-19)25-7-10-4-3-5-11(16(10)21)17(22)23;1-2/h3-6,8,15,17H,7,9H2,1-2H3,(H2,25,26,27,28);1-2H3. The molecule has 0 radical (unpaired) electrons. The van der Waals surface area contributed by atoms with E-state index >= 15 is 0 Å². The van der Waals surface area contributed by atoms with Gasteiger partial charge in [-0.3, -0.25) is 0 Å². The van der Waals surface area contributed by atoms with Crippen molar-refractivity contribution in [3.8, 4) is 0 Å². The van der Waals surface area contributed by atoms with E-state index in [4.69, 9.17) is 21.1 Å². The molecule has 0 aliphatic carbocycles. The van der Waals surface area contributed by atoms with E-state index in [1.54, 1.807) is 6.07 Å². The van der Waals surface area contributed by atoms with Crippen LogP contribution in [0.25, 0.3) is 10.9 Å². The number of nitrogens with zero attached hydrogens (tertiary/aromatic N) is 3. The Hall–Kier alpha value is -2.69. The minimum Gasteiger partial charge on any atom is -0.365 e. The highest BCUT2D eigenvalue weighted by Gasteiger charge is 2.17. The molecule has 0 saturated heterocycles. The Morgan fingerprint density at radius 1 is 1.09 bits per heavy atom. The maximum atomic E-state index is 14.3. The van der Waals surface area contributed by atoms with Gasteiger partial charge in [0, 0.05) is 31.7 Å². The van der Waals surface area contributed by atoms with Crippen LogP contribution in [-0.2, 0) is 16.0 Å². The van der Waals surface area contributed by atoms with Gasteiger partial charge in [0.25, 0.3) is 6.43 Å². The monoisotopic (exact) mass is 471 g/mol. The predicted molar refractivity (Wildman–Crippen MR) is 119 cm³/mol. The molecule has 0 amide bonds. The van der Waals surface area contributed by atoms with E-state index in [1.165, 1.54) is 32.5 Å². The van der Waals surface area contributed by atoms with Crippen LogP contribution in [0.3, 0.4) is 0 Å². The van der Waals surface area contributed by atoms with Crippen LogP contribution in [0.5, 0.6) is 0 Å². The lowest BCUT2D eigenvalue weighted by atomic mass is 10.1. The second kappa shape index (κ2) is 12.4. The Morgan fingerprint density at radius 3 is 2.47 bits per heavy atom. The van der Waals surface area contributed by atoms with Crippen molar-refractivity contribution in [2.45, 2.75) is 33.1 Å². The molecule has 2 N–H and O–H groups in total. The van der Waals surface area contributed by atoms with Gasteiger partial charge in [-0.1, -0.05) is 43.6 Å². The van der Waals surface area contributed by atoms with Crippen molar-refractivity contribution < 1.29 is 22.6 Å². The average Bonchev–Trinajstić information content (AvgIpc) is 2.80. The van der Waals surface area contributed by atoms with Crippen molar-refractivity contribution in [1.82, 2.24) is 15.0 Å². The first-order valence-corrected chi connectivity index (χ1v) is 10.2. The number of aromatic nitrogens is 3. The number of fused-ring (bicyclic) bond motifs is 1. The molecule has 32 heavy (non-hydrogen) atoms. The Labute approximate surface area is 189 Å². The number of methoxy groups -OCH3 is 2. The SMILES string of the molecule is CC.COC(CNc1nc(NCc2cccc(C(F)F)c2F)c2cc(Cl)ncc2n1)OC. The topological polar surface area (TPSA) is 81.2 Å². The van der Waals surface area contributed by atoms with Crippen molar-refractivity contribution in [1.29, 1.82) is 0 Å². The molecule has 3 aromatic rings. The number of halogens is 4. The quantitative estimate of drug-likeness (QED) is 0.318. The van der Waals surface area contributed by atoms with Crippen molar-refractivity contribution in [3.05, 3.63) is 52.6 Å². The van der Waals surface area contributed by atoms with Gasteiger partial charge in [0.2, 0.25) is 5.95 Å². The minimum atomic E-state index is -2.90. The lowest BCUT2D eigenvalue weighted by Crippen LogP contribution is -2.24. The zero-order chi connectivity index (χ0) is 23.7. The highest BCUT2D eigenvalue weighted by Crippen LogP contribution is 2.27. The van der Waals surface area contributed by atoms with E-state index in [2.05, 4.69) is 25.6 Å². The van der Waals surface area contributed by atoms with Gasteiger partial charge < -0.3 is 20.1 Å². The molecule has 0 atom stereocenters. The van der Waals surface area contributed by atoms with E-state index < -0.39 is 24.1 Å². The molecule has 11 heteroatoms. The number of benzene rings is 1. The number of alkyl halides is 2. The molecule has 2 heterocycles. The van der Waals surface area contributed by atoms with Crippen molar-refractivity contribution in [3.63, 3.8) is 0 Å². The summed E-state index contributed by atoms with van der Waals surface area (Å²) in [6.45, 7) is 4.20. The number of hydrogen-bond acceptors (Lipinski definition) is 7. The molecule has 0 fully saturated rings. The first-order valence-electron chi connectivity index (χ1n) is 9.85. The molecule has 2 aromatic heterocycles. The molecule has 0 bridgehead atoms. The van der Waals surface area contributed by atoms with Crippen LogP contribution in [0.4, 0.5) is 24.9 Å². The fourth-order valence-electron chi connectivity index (χ4n) is 2.74. The van der Waals surface area contributed by atoms with Gasteiger partial charge in [-0.2, -0.15) is 4.98 Å².